The van der Waals surface area contributed by atoms with Crippen LogP contribution in [0.1, 0.15) is 68.4 Å². The highest BCUT2D eigenvalue weighted by molar-refractivity contribution is 7.10. The van der Waals surface area contributed by atoms with Crippen molar-refractivity contribution in [2.24, 2.45) is 5.92 Å². The van der Waals surface area contributed by atoms with Gasteiger partial charge in [-0.05, 0) is 55.7 Å². The summed E-state index contributed by atoms with van der Waals surface area (Å²) in [4.78, 5) is 1.44. The molecule has 0 spiro atoms. The lowest BCUT2D eigenvalue weighted by Gasteiger charge is -2.19. The third-order valence-corrected chi connectivity index (χ3v) is 5.01. The van der Waals surface area contributed by atoms with Gasteiger partial charge in [0.25, 0.3) is 0 Å². The molecule has 1 aliphatic carbocycles. The molecule has 1 heterocycles. The van der Waals surface area contributed by atoms with E-state index >= 15 is 0 Å². The van der Waals surface area contributed by atoms with E-state index in [4.69, 9.17) is 0 Å². The van der Waals surface area contributed by atoms with Crippen molar-refractivity contribution in [1.82, 2.24) is 5.32 Å². The van der Waals surface area contributed by atoms with Crippen molar-refractivity contribution in [2.45, 2.75) is 64.8 Å². The predicted octanol–water partition coefficient (Wildman–Crippen LogP) is 5.07. The maximum Gasteiger partial charge on any atom is 0.0328 e. The van der Waals surface area contributed by atoms with Gasteiger partial charge in [-0.25, -0.2) is 0 Å². The van der Waals surface area contributed by atoms with Crippen LogP contribution in [-0.2, 0) is 0 Å². The van der Waals surface area contributed by atoms with E-state index in [2.05, 4.69) is 30.6 Å². The summed E-state index contributed by atoms with van der Waals surface area (Å²) in [5.74, 6) is 1.01. The first-order valence-electron chi connectivity index (χ1n) is 7.58. The average Bonchev–Trinajstić information content (AvgIpc) is 3.01. The zero-order valence-electron chi connectivity index (χ0n) is 11.9. The summed E-state index contributed by atoms with van der Waals surface area (Å²) < 4.78 is 0. The third kappa shape index (κ3) is 4.10. The Morgan fingerprint density at radius 2 is 2.17 bits per heavy atom. The van der Waals surface area contributed by atoms with Gasteiger partial charge in [-0.1, -0.05) is 32.6 Å². The van der Waals surface area contributed by atoms with Gasteiger partial charge < -0.3 is 5.32 Å². The van der Waals surface area contributed by atoms with Gasteiger partial charge in [0.2, 0.25) is 0 Å². The van der Waals surface area contributed by atoms with E-state index in [1.807, 2.05) is 11.3 Å². The van der Waals surface area contributed by atoms with Gasteiger partial charge in [-0.2, -0.15) is 0 Å². The van der Waals surface area contributed by atoms with Crippen molar-refractivity contribution in [3.8, 4) is 0 Å². The van der Waals surface area contributed by atoms with Gasteiger partial charge in [0.1, 0.15) is 0 Å². The van der Waals surface area contributed by atoms with Gasteiger partial charge in [0, 0.05) is 10.9 Å². The van der Waals surface area contributed by atoms with Crippen LogP contribution in [0.2, 0.25) is 0 Å². The number of rotatable bonds is 7. The molecule has 0 radical (unpaired) electrons. The van der Waals surface area contributed by atoms with E-state index in [-0.39, 0.29) is 0 Å². The molecule has 0 saturated heterocycles. The van der Waals surface area contributed by atoms with Crippen LogP contribution in [0.4, 0.5) is 0 Å². The third-order valence-electron chi connectivity index (χ3n) is 4.13. The maximum absolute atomic E-state index is 3.73. The van der Waals surface area contributed by atoms with Crippen LogP contribution in [0.3, 0.4) is 0 Å². The molecule has 0 aromatic carbocycles. The van der Waals surface area contributed by atoms with E-state index in [1.54, 1.807) is 0 Å². The normalized spacial score (nSPS) is 18.3. The van der Waals surface area contributed by atoms with Crippen LogP contribution < -0.4 is 5.32 Å². The number of hydrogen-bond acceptors (Lipinski definition) is 2. The number of hydrogen-bond donors (Lipinski definition) is 1. The summed E-state index contributed by atoms with van der Waals surface area (Å²) in [5.41, 5.74) is 1.52. The molecular formula is C16H27NS. The zero-order chi connectivity index (χ0) is 12.8. The molecule has 1 aromatic heterocycles. The highest BCUT2D eigenvalue weighted by atomic mass is 32.1. The molecule has 2 heteroatoms. The first kappa shape index (κ1) is 14.1. The molecule has 18 heavy (non-hydrogen) atoms. The van der Waals surface area contributed by atoms with E-state index in [0.29, 0.717) is 6.04 Å². The molecule has 1 aromatic rings. The van der Waals surface area contributed by atoms with Crippen molar-refractivity contribution in [3.05, 3.63) is 21.9 Å². The second-order valence-electron chi connectivity index (χ2n) is 5.73. The second-order valence-corrected chi connectivity index (χ2v) is 6.84. The van der Waals surface area contributed by atoms with Gasteiger partial charge in [0.15, 0.2) is 0 Å². The molecule has 0 aliphatic heterocycles. The van der Waals surface area contributed by atoms with Gasteiger partial charge in [-0.15, -0.1) is 11.3 Å². The topological polar surface area (TPSA) is 12.0 Å². The minimum atomic E-state index is 0.593. The van der Waals surface area contributed by atoms with Crippen LogP contribution >= 0.6 is 11.3 Å². The van der Waals surface area contributed by atoms with E-state index in [9.17, 15) is 0 Å². The van der Waals surface area contributed by atoms with Crippen molar-refractivity contribution in [2.75, 3.05) is 6.54 Å². The zero-order valence-corrected chi connectivity index (χ0v) is 12.7. The maximum atomic E-state index is 3.73. The molecule has 1 atom stereocenters. The minimum Gasteiger partial charge on any atom is -0.310 e. The van der Waals surface area contributed by atoms with Gasteiger partial charge in [-0.3, -0.25) is 0 Å². The monoisotopic (exact) mass is 265 g/mol. The van der Waals surface area contributed by atoms with E-state index < -0.39 is 0 Å². The Morgan fingerprint density at radius 3 is 2.78 bits per heavy atom. The van der Waals surface area contributed by atoms with Crippen LogP contribution in [0.5, 0.6) is 0 Å². The highest BCUT2D eigenvalue weighted by Gasteiger charge is 2.18. The Kier molecular flexibility index (Phi) is 5.71. The Balaban J connectivity index is 1.87. The number of thiophene rings is 1. The second kappa shape index (κ2) is 7.30. The van der Waals surface area contributed by atoms with Crippen molar-refractivity contribution in [3.63, 3.8) is 0 Å². The molecule has 0 bridgehead atoms. The van der Waals surface area contributed by atoms with Crippen molar-refractivity contribution < 1.29 is 0 Å². The van der Waals surface area contributed by atoms with Gasteiger partial charge >= 0.3 is 0 Å². The lowest BCUT2D eigenvalue weighted by atomic mass is 9.96. The summed E-state index contributed by atoms with van der Waals surface area (Å²) in [5, 5.41) is 6.07. The van der Waals surface area contributed by atoms with Crippen molar-refractivity contribution >= 4 is 11.3 Å². The van der Waals surface area contributed by atoms with E-state index in [0.717, 1.165) is 12.5 Å². The summed E-state index contributed by atoms with van der Waals surface area (Å²) in [6.07, 6.45) is 9.84. The first-order chi connectivity index (χ1) is 8.79. The number of nitrogens with one attached hydrogen (secondary N) is 1. The fraction of sp³-hybridized carbons (Fsp3) is 0.750. The van der Waals surface area contributed by atoms with Crippen LogP contribution in [0.25, 0.3) is 0 Å². The average molecular weight is 265 g/mol. The SMILES string of the molecule is CCCNC(CCC1CCCC1)c1csc(C)c1. The Bertz CT molecular complexity index is 339. The Morgan fingerprint density at radius 1 is 1.39 bits per heavy atom. The summed E-state index contributed by atoms with van der Waals surface area (Å²) in [7, 11) is 0. The molecule has 1 saturated carbocycles. The fourth-order valence-corrected chi connectivity index (χ4v) is 3.81. The molecule has 1 unspecified atom stereocenters. The van der Waals surface area contributed by atoms with Gasteiger partial charge in [0.05, 0.1) is 0 Å². The van der Waals surface area contributed by atoms with Crippen LogP contribution in [-0.4, -0.2) is 6.54 Å². The highest BCUT2D eigenvalue weighted by Crippen LogP contribution is 2.32. The smallest absolute Gasteiger partial charge is 0.0328 e. The molecule has 1 aliphatic rings. The summed E-state index contributed by atoms with van der Waals surface area (Å²) in [6, 6.07) is 2.96. The quantitative estimate of drug-likeness (QED) is 0.726. The largest absolute Gasteiger partial charge is 0.310 e. The lowest BCUT2D eigenvalue weighted by Crippen LogP contribution is -2.22. The minimum absolute atomic E-state index is 0.593. The van der Waals surface area contributed by atoms with Crippen LogP contribution in [0, 0.1) is 12.8 Å². The lowest BCUT2D eigenvalue weighted by molar-refractivity contribution is 0.412. The first-order valence-corrected chi connectivity index (χ1v) is 8.46. The van der Waals surface area contributed by atoms with Crippen molar-refractivity contribution in [1.29, 1.82) is 0 Å². The molecule has 1 nitrogen and oxygen atoms in total. The van der Waals surface area contributed by atoms with E-state index in [1.165, 1.54) is 55.4 Å². The molecule has 0 amide bonds. The molecule has 2 rings (SSSR count). The summed E-state index contributed by atoms with van der Waals surface area (Å²) >= 11 is 1.88. The van der Waals surface area contributed by atoms with Crippen LogP contribution in [0.15, 0.2) is 11.4 Å². The predicted molar refractivity (Wildman–Crippen MR) is 81.3 cm³/mol. The molecule has 102 valence electrons. The number of aryl methyl sites for hydroxylation is 1. The summed E-state index contributed by atoms with van der Waals surface area (Å²) in [6.45, 7) is 5.60. The fourth-order valence-electron chi connectivity index (χ4n) is 3.05. The Hall–Kier alpha value is -0.340. The Labute approximate surface area is 116 Å². The standard InChI is InChI=1S/C16H27NS/c1-3-10-17-16(15-11-13(2)18-12-15)9-8-14-6-4-5-7-14/h11-12,14,16-17H,3-10H2,1-2H3. The molecule has 1 N–H and O–H groups in total. The molecule has 1 fully saturated rings. The molecular weight excluding hydrogens is 238 g/mol.